The van der Waals surface area contributed by atoms with Gasteiger partial charge in [-0.2, -0.15) is 4.57 Å². The van der Waals surface area contributed by atoms with E-state index in [-0.39, 0.29) is 0 Å². The minimum absolute atomic E-state index is 0.981. The molecular formula is C26H40N+. The van der Waals surface area contributed by atoms with Gasteiger partial charge in [0.2, 0.25) is 0 Å². The molecule has 2 rings (SSSR count). The van der Waals surface area contributed by atoms with Crippen LogP contribution in [0.5, 0.6) is 0 Å². The molecule has 148 valence electrons. The molecule has 1 heterocycles. The first-order chi connectivity index (χ1) is 13.4. The zero-order chi connectivity index (χ0) is 19.0. The molecule has 0 atom stereocenters. The summed E-state index contributed by atoms with van der Waals surface area (Å²) in [5, 5.41) is 0. The zero-order valence-electron chi connectivity index (χ0n) is 17.5. The summed E-state index contributed by atoms with van der Waals surface area (Å²) in [6.45, 7) is 3.27. The molecule has 1 nitrogen and oxygen atoms in total. The Morgan fingerprint density at radius 1 is 0.593 bits per heavy atom. The molecule has 1 heteroatoms. The number of benzene rings is 1. The van der Waals surface area contributed by atoms with Crippen molar-refractivity contribution in [3.63, 3.8) is 0 Å². The second-order valence-corrected chi connectivity index (χ2v) is 7.94. The van der Waals surface area contributed by atoms with Crippen LogP contribution >= 0.6 is 0 Å². The highest BCUT2D eigenvalue weighted by molar-refractivity contribution is 5.13. The summed E-state index contributed by atoms with van der Waals surface area (Å²) >= 11 is 0. The fourth-order valence-electron chi connectivity index (χ4n) is 3.82. The Hall–Kier alpha value is -1.63. The monoisotopic (exact) mass is 366 g/mol. The van der Waals surface area contributed by atoms with E-state index in [0.717, 1.165) is 6.54 Å². The predicted molar refractivity (Wildman–Crippen MR) is 117 cm³/mol. The van der Waals surface area contributed by atoms with Gasteiger partial charge in [0.05, 0.1) is 0 Å². The van der Waals surface area contributed by atoms with Gasteiger partial charge < -0.3 is 0 Å². The summed E-state index contributed by atoms with van der Waals surface area (Å²) in [5.41, 5.74) is 2.85. The van der Waals surface area contributed by atoms with Crippen molar-refractivity contribution in [1.29, 1.82) is 0 Å². The van der Waals surface area contributed by atoms with Crippen LogP contribution in [0.2, 0.25) is 0 Å². The standard InChI is InChI=1S/C26H40N/c1-2-3-4-5-6-7-8-9-10-11-12-16-21-26-22-17-18-23-27(26)24-25-19-14-13-15-20-25/h13-15,17-20,22-23H,2-12,16,21,24H2,1H3/q+1. The second kappa shape index (κ2) is 14.4. The number of unbranched alkanes of at least 4 members (excludes halogenated alkanes) is 11. The smallest absolute Gasteiger partial charge is 0.181 e. The molecule has 2 aromatic rings. The van der Waals surface area contributed by atoms with Crippen molar-refractivity contribution < 1.29 is 4.57 Å². The minimum atomic E-state index is 0.981. The summed E-state index contributed by atoms with van der Waals surface area (Å²) in [7, 11) is 0. The van der Waals surface area contributed by atoms with Gasteiger partial charge in [-0.15, -0.1) is 0 Å². The van der Waals surface area contributed by atoms with Gasteiger partial charge in [0.1, 0.15) is 0 Å². The summed E-state index contributed by atoms with van der Waals surface area (Å²) < 4.78 is 2.41. The molecule has 27 heavy (non-hydrogen) atoms. The van der Waals surface area contributed by atoms with Crippen LogP contribution in [0, 0.1) is 0 Å². The normalized spacial score (nSPS) is 11.0. The van der Waals surface area contributed by atoms with E-state index in [0.29, 0.717) is 0 Å². The van der Waals surface area contributed by atoms with Gasteiger partial charge in [-0.05, 0) is 6.42 Å². The van der Waals surface area contributed by atoms with E-state index in [1.54, 1.807) is 0 Å². The molecule has 0 N–H and O–H groups in total. The Kier molecular flexibility index (Phi) is 11.6. The molecule has 0 radical (unpaired) electrons. The molecule has 0 unspecified atom stereocenters. The van der Waals surface area contributed by atoms with Gasteiger partial charge in [-0.25, -0.2) is 0 Å². The minimum Gasteiger partial charge on any atom is -0.198 e. The summed E-state index contributed by atoms with van der Waals surface area (Å²) in [4.78, 5) is 0. The maximum absolute atomic E-state index is 2.41. The summed E-state index contributed by atoms with van der Waals surface area (Å²) in [6.07, 6.45) is 20.4. The number of hydrogen-bond donors (Lipinski definition) is 0. The number of hydrogen-bond acceptors (Lipinski definition) is 0. The quantitative estimate of drug-likeness (QED) is 0.230. The first-order valence-corrected chi connectivity index (χ1v) is 11.4. The molecule has 0 bridgehead atoms. The fraction of sp³-hybridized carbons (Fsp3) is 0.577. The average molecular weight is 367 g/mol. The Morgan fingerprint density at radius 2 is 1.15 bits per heavy atom. The van der Waals surface area contributed by atoms with Crippen molar-refractivity contribution in [2.24, 2.45) is 0 Å². The van der Waals surface area contributed by atoms with Crippen molar-refractivity contribution in [3.8, 4) is 0 Å². The Balaban J connectivity index is 1.54. The topological polar surface area (TPSA) is 3.88 Å². The third-order valence-corrected chi connectivity index (χ3v) is 5.52. The largest absolute Gasteiger partial charge is 0.198 e. The highest BCUT2D eigenvalue weighted by Crippen LogP contribution is 2.12. The Morgan fingerprint density at radius 3 is 1.78 bits per heavy atom. The number of pyridine rings is 1. The number of nitrogens with zero attached hydrogens (tertiary/aromatic N) is 1. The van der Waals surface area contributed by atoms with Crippen molar-refractivity contribution in [3.05, 3.63) is 66.0 Å². The molecular weight excluding hydrogens is 326 g/mol. The van der Waals surface area contributed by atoms with Crippen LogP contribution in [0.15, 0.2) is 54.7 Å². The lowest BCUT2D eigenvalue weighted by Gasteiger charge is -2.05. The predicted octanol–water partition coefficient (Wildman–Crippen LogP) is 7.27. The van der Waals surface area contributed by atoms with Crippen molar-refractivity contribution in [2.75, 3.05) is 0 Å². The number of aromatic nitrogens is 1. The zero-order valence-corrected chi connectivity index (χ0v) is 17.5. The van der Waals surface area contributed by atoms with Gasteiger partial charge in [0, 0.05) is 24.1 Å². The van der Waals surface area contributed by atoms with Crippen LogP contribution in [0.25, 0.3) is 0 Å². The van der Waals surface area contributed by atoms with E-state index in [1.165, 1.54) is 94.7 Å². The van der Waals surface area contributed by atoms with Crippen molar-refractivity contribution in [2.45, 2.75) is 96.9 Å². The lowest BCUT2D eigenvalue weighted by molar-refractivity contribution is -0.695. The number of aryl methyl sites for hydroxylation is 1. The Labute approximate surface area is 167 Å². The average Bonchev–Trinajstić information content (AvgIpc) is 2.71. The van der Waals surface area contributed by atoms with Gasteiger partial charge in [0.15, 0.2) is 18.4 Å². The van der Waals surface area contributed by atoms with Crippen LogP contribution in [0.4, 0.5) is 0 Å². The van der Waals surface area contributed by atoms with Gasteiger partial charge in [-0.1, -0.05) is 114 Å². The SMILES string of the molecule is CCCCCCCCCCCCCCc1cccc[n+]1Cc1ccccc1. The van der Waals surface area contributed by atoms with Crippen molar-refractivity contribution in [1.82, 2.24) is 0 Å². The highest BCUT2D eigenvalue weighted by atomic mass is 14.9. The highest BCUT2D eigenvalue weighted by Gasteiger charge is 2.09. The third kappa shape index (κ3) is 9.75. The van der Waals surface area contributed by atoms with E-state index in [4.69, 9.17) is 0 Å². The van der Waals surface area contributed by atoms with E-state index in [2.05, 4.69) is 66.2 Å². The second-order valence-electron chi connectivity index (χ2n) is 7.94. The summed E-state index contributed by atoms with van der Waals surface area (Å²) in [6, 6.07) is 17.4. The molecule has 0 amide bonds. The molecule has 0 saturated carbocycles. The van der Waals surface area contributed by atoms with E-state index < -0.39 is 0 Å². The van der Waals surface area contributed by atoms with E-state index in [9.17, 15) is 0 Å². The lowest BCUT2D eigenvalue weighted by atomic mass is 10.0. The van der Waals surface area contributed by atoms with E-state index in [1.807, 2.05) is 0 Å². The first-order valence-electron chi connectivity index (χ1n) is 11.4. The Bertz CT molecular complexity index is 590. The van der Waals surface area contributed by atoms with Crippen molar-refractivity contribution >= 4 is 0 Å². The molecule has 0 aliphatic carbocycles. The lowest BCUT2D eigenvalue weighted by Crippen LogP contribution is -2.38. The molecule has 0 spiro atoms. The van der Waals surface area contributed by atoms with Gasteiger partial charge in [0.25, 0.3) is 0 Å². The van der Waals surface area contributed by atoms with E-state index >= 15 is 0 Å². The van der Waals surface area contributed by atoms with Crippen LogP contribution < -0.4 is 4.57 Å². The molecule has 0 aliphatic rings. The van der Waals surface area contributed by atoms with Crippen LogP contribution in [0.3, 0.4) is 0 Å². The fourth-order valence-corrected chi connectivity index (χ4v) is 3.82. The van der Waals surface area contributed by atoms with Crippen LogP contribution in [0.1, 0.15) is 95.2 Å². The van der Waals surface area contributed by atoms with Gasteiger partial charge in [-0.3, -0.25) is 0 Å². The maximum atomic E-state index is 2.41. The van der Waals surface area contributed by atoms with Gasteiger partial charge >= 0.3 is 0 Å². The summed E-state index contributed by atoms with van der Waals surface area (Å²) in [5.74, 6) is 0. The first kappa shape index (κ1) is 21.7. The van der Waals surface area contributed by atoms with Crippen LogP contribution in [-0.4, -0.2) is 0 Å². The van der Waals surface area contributed by atoms with Crippen LogP contribution in [-0.2, 0) is 13.0 Å². The molecule has 0 fully saturated rings. The molecule has 1 aromatic carbocycles. The number of rotatable bonds is 15. The maximum Gasteiger partial charge on any atom is 0.181 e. The molecule has 0 aliphatic heterocycles. The molecule has 1 aromatic heterocycles. The molecule has 0 saturated heterocycles. The third-order valence-electron chi connectivity index (χ3n) is 5.52.